The molecule has 1 fully saturated rings. The number of nitrogens with one attached hydrogen (secondary N) is 1. The molecule has 0 bridgehead atoms. The largest absolute Gasteiger partial charge is 0.352 e. The minimum atomic E-state index is -2.89. The molecule has 0 aliphatic carbocycles. The fourth-order valence-electron chi connectivity index (χ4n) is 1.42. The molecule has 0 saturated carbocycles. The Hall–Kier alpha value is -1.09. The average molecular weight is 230 g/mol. The summed E-state index contributed by atoms with van der Waals surface area (Å²) in [5, 5.41) is 11.2. The van der Waals surface area contributed by atoms with Crippen molar-refractivity contribution in [3.8, 4) is 6.07 Å². The Morgan fingerprint density at radius 1 is 1.47 bits per heavy atom. The minimum Gasteiger partial charge on any atom is -0.352 e. The summed E-state index contributed by atoms with van der Waals surface area (Å²) in [4.78, 5) is 11.3. The van der Waals surface area contributed by atoms with E-state index in [2.05, 4.69) is 5.32 Å². The Labute approximate surface area is 89.4 Å². The lowest BCUT2D eigenvalue weighted by atomic mass is 10.1. The molecule has 5 nitrogen and oxygen atoms in total. The molecule has 1 unspecified atom stereocenters. The summed E-state index contributed by atoms with van der Waals surface area (Å²) in [6.45, 7) is 1.52. The first kappa shape index (κ1) is 12.0. The van der Waals surface area contributed by atoms with E-state index in [1.165, 1.54) is 6.92 Å². The van der Waals surface area contributed by atoms with Gasteiger partial charge in [-0.1, -0.05) is 0 Å². The molecule has 1 amide bonds. The Morgan fingerprint density at radius 3 is 2.47 bits per heavy atom. The number of rotatable bonds is 2. The summed E-state index contributed by atoms with van der Waals surface area (Å²) in [5.74, 6) is -0.747. The summed E-state index contributed by atoms with van der Waals surface area (Å²) in [7, 11) is -2.89. The Kier molecular flexibility index (Phi) is 3.69. The van der Waals surface area contributed by atoms with Gasteiger partial charge in [0.05, 0.1) is 17.6 Å². The van der Waals surface area contributed by atoms with Crippen molar-refractivity contribution >= 4 is 15.7 Å². The topological polar surface area (TPSA) is 87.0 Å². The van der Waals surface area contributed by atoms with Crippen molar-refractivity contribution < 1.29 is 13.2 Å². The highest BCUT2D eigenvalue weighted by atomic mass is 32.2. The predicted octanol–water partition coefficient (Wildman–Crippen LogP) is -0.161. The standard InChI is InChI=1S/C9H14N2O3S/c1-7(6-10)9(12)11-8-2-4-15(13,14)5-3-8/h7-8H,2-5H2,1H3,(H,11,12). The highest BCUT2D eigenvalue weighted by molar-refractivity contribution is 7.91. The quantitative estimate of drug-likeness (QED) is 0.714. The second-order valence-electron chi connectivity index (χ2n) is 3.79. The SMILES string of the molecule is CC(C#N)C(=O)NC1CCS(=O)(=O)CC1. The molecule has 0 aromatic rings. The molecule has 0 aromatic heterocycles. The van der Waals surface area contributed by atoms with Crippen molar-refractivity contribution in [3.63, 3.8) is 0 Å². The molecule has 0 radical (unpaired) electrons. The molecular formula is C9H14N2O3S. The molecule has 1 aliphatic rings. The van der Waals surface area contributed by atoms with Gasteiger partial charge in [-0.05, 0) is 19.8 Å². The molecule has 1 aliphatic heterocycles. The maximum absolute atomic E-state index is 11.3. The van der Waals surface area contributed by atoms with E-state index >= 15 is 0 Å². The summed E-state index contributed by atoms with van der Waals surface area (Å²) >= 11 is 0. The molecule has 0 aromatic carbocycles. The summed E-state index contributed by atoms with van der Waals surface area (Å²) < 4.78 is 22.2. The van der Waals surface area contributed by atoms with Crippen LogP contribution in [0.1, 0.15) is 19.8 Å². The van der Waals surface area contributed by atoms with Gasteiger partial charge < -0.3 is 5.32 Å². The second-order valence-corrected chi connectivity index (χ2v) is 6.09. The van der Waals surface area contributed by atoms with Gasteiger partial charge in [0.1, 0.15) is 15.8 Å². The monoisotopic (exact) mass is 230 g/mol. The van der Waals surface area contributed by atoms with Crippen LogP contribution in [0, 0.1) is 17.2 Å². The third-order valence-electron chi connectivity index (χ3n) is 2.49. The number of nitrogens with zero attached hydrogens (tertiary/aromatic N) is 1. The van der Waals surface area contributed by atoms with Gasteiger partial charge in [0.2, 0.25) is 5.91 Å². The van der Waals surface area contributed by atoms with Crippen LogP contribution in [0.5, 0.6) is 0 Å². The van der Waals surface area contributed by atoms with Crippen LogP contribution in [0.3, 0.4) is 0 Å². The first-order valence-electron chi connectivity index (χ1n) is 4.85. The normalized spacial score (nSPS) is 22.7. The van der Waals surface area contributed by atoms with Crippen LogP contribution in [-0.2, 0) is 14.6 Å². The van der Waals surface area contributed by atoms with Crippen LogP contribution in [0.25, 0.3) is 0 Å². The van der Waals surface area contributed by atoms with Crippen LogP contribution >= 0.6 is 0 Å². The van der Waals surface area contributed by atoms with Crippen LogP contribution in [-0.4, -0.2) is 31.9 Å². The molecule has 1 heterocycles. The van der Waals surface area contributed by atoms with Crippen LogP contribution < -0.4 is 5.32 Å². The highest BCUT2D eigenvalue weighted by Gasteiger charge is 2.25. The molecule has 0 spiro atoms. The highest BCUT2D eigenvalue weighted by Crippen LogP contribution is 2.12. The Morgan fingerprint density at radius 2 is 2.00 bits per heavy atom. The van der Waals surface area contributed by atoms with E-state index < -0.39 is 15.8 Å². The van der Waals surface area contributed by atoms with E-state index in [0.717, 1.165) is 0 Å². The second kappa shape index (κ2) is 4.62. The molecule has 1 saturated heterocycles. The maximum Gasteiger partial charge on any atom is 0.237 e. The van der Waals surface area contributed by atoms with Gasteiger partial charge in [-0.3, -0.25) is 4.79 Å². The zero-order valence-corrected chi connectivity index (χ0v) is 9.38. The van der Waals surface area contributed by atoms with Gasteiger partial charge in [-0.15, -0.1) is 0 Å². The van der Waals surface area contributed by atoms with Crippen molar-refractivity contribution in [3.05, 3.63) is 0 Å². The summed E-state index contributed by atoms with van der Waals surface area (Å²) in [6.07, 6.45) is 0.901. The van der Waals surface area contributed by atoms with Gasteiger partial charge in [0.15, 0.2) is 0 Å². The number of nitriles is 1. The molecule has 1 rings (SSSR count). The number of carbonyl (C=O) groups excluding carboxylic acids is 1. The first-order valence-corrected chi connectivity index (χ1v) is 6.67. The van der Waals surface area contributed by atoms with Gasteiger partial charge >= 0.3 is 0 Å². The molecule has 84 valence electrons. The molecule has 1 atom stereocenters. The van der Waals surface area contributed by atoms with E-state index in [9.17, 15) is 13.2 Å². The third-order valence-corrected chi connectivity index (χ3v) is 4.20. The van der Waals surface area contributed by atoms with Crippen LogP contribution in [0.2, 0.25) is 0 Å². The molecule has 6 heteroatoms. The summed E-state index contributed by atoms with van der Waals surface area (Å²) in [6, 6.07) is 1.74. The van der Waals surface area contributed by atoms with Gasteiger partial charge in [0, 0.05) is 6.04 Å². The van der Waals surface area contributed by atoms with E-state index in [4.69, 9.17) is 5.26 Å². The number of amides is 1. The summed E-state index contributed by atoms with van der Waals surface area (Å²) in [5.41, 5.74) is 0. The fourth-order valence-corrected chi connectivity index (χ4v) is 2.91. The van der Waals surface area contributed by atoms with Crippen molar-refractivity contribution in [1.29, 1.82) is 5.26 Å². The van der Waals surface area contributed by atoms with Crippen molar-refractivity contribution in [2.45, 2.75) is 25.8 Å². The van der Waals surface area contributed by atoms with Crippen molar-refractivity contribution in [1.82, 2.24) is 5.32 Å². The molecule has 1 N–H and O–H groups in total. The van der Waals surface area contributed by atoms with Crippen LogP contribution in [0.15, 0.2) is 0 Å². The lowest BCUT2D eigenvalue weighted by Gasteiger charge is -2.23. The van der Waals surface area contributed by atoms with Gasteiger partial charge in [-0.2, -0.15) is 5.26 Å². The van der Waals surface area contributed by atoms with Crippen molar-refractivity contribution in [2.75, 3.05) is 11.5 Å². The lowest BCUT2D eigenvalue weighted by molar-refractivity contribution is -0.123. The van der Waals surface area contributed by atoms with Crippen LogP contribution in [0.4, 0.5) is 0 Å². The van der Waals surface area contributed by atoms with Gasteiger partial charge in [-0.25, -0.2) is 8.42 Å². The average Bonchev–Trinajstić information content (AvgIpc) is 2.20. The van der Waals surface area contributed by atoms with E-state index in [1.807, 2.05) is 6.07 Å². The third kappa shape index (κ3) is 3.51. The fraction of sp³-hybridized carbons (Fsp3) is 0.778. The first-order chi connectivity index (χ1) is 6.94. The Balaban J connectivity index is 2.43. The molecular weight excluding hydrogens is 216 g/mol. The Bertz CT molecular complexity index is 369. The van der Waals surface area contributed by atoms with E-state index in [-0.39, 0.29) is 23.5 Å². The van der Waals surface area contributed by atoms with Crippen molar-refractivity contribution in [2.24, 2.45) is 5.92 Å². The number of sulfone groups is 1. The molecule has 15 heavy (non-hydrogen) atoms. The predicted molar refractivity (Wildman–Crippen MR) is 54.6 cm³/mol. The lowest BCUT2D eigenvalue weighted by Crippen LogP contribution is -2.42. The smallest absolute Gasteiger partial charge is 0.237 e. The number of hydrogen-bond donors (Lipinski definition) is 1. The number of hydrogen-bond acceptors (Lipinski definition) is 4. The van der Waals surface area contributed by atoms with E-state index in [1.54, 1.807) is 0 Å². The minimum absolute atomic E-state index is 0.100. The zero-order valence-electron chi connectivity index (χ0n) is 8.56. The maximum atomic E-state index is 11.3. The zero-order chi connectivity index (χ0) is 11.5. The van der Waals surface area contributed by atoms with E-state index in [0.29, 0.717) is 12.8 Å². The number of carbonyl (C=O) groups is 1. The van der Waals surface area contributed by atoms with Gasteiger partial charge in [0.25, 0.3) is 0 Å².